The molecular weight excluding hydrogens is 336 g/mol. The molecule has 1 aromatic heterocycles. The van der Waals surface area contributed by atoms with Gasteiger partial charge in [0.05, 0.1) is 11.2 Å². The van der Waals surface area contributed by atoms with Crippen LogP contribution in [-0.4, -0.2) is 24.3 Å². The highest BCUT2D eigenvalue weighted by molar-refractivity contribution is 9.09. The summed E-state index contributed by atoms with van der Waals surface area (Å²) in [7, 11) is -3.43. The number of sulfonamides is 1. The van der Waals surface area contributed by atoms with Gasteiger partial charge in [0.2, 0.25) is 0 Å². The third-order valence-electron chi connectivity index (χ3n) is 3.28. The molecule has 1 saturated carbocycles. The standard InChI is InChI=1S/C11H17BrN2O2S2/c1-9-13-7-10(17-9)18(15,16)14-11(8-12)5-3-2-4-6-11/h7,14H,2-6,8H2,1H3. The van der Waals surface area contributed by atoms with E-state index in [1.54, 1.807) is 0 Å². The molecule has 0 atom stereocenters. The van der Waals surface area contributed by atoms with Crippen LogP contribution < -0.4 is 4.72 Å². The number of thiazole rings is 1. The Morgan fingerprint density at radius 3 is 2.61 bits per heavy atom. The van der Waals surface area contributed by atoms with Crippen molar-refractivity contribution in [3.63, 3.8) is 0 Å². The van der Waals surface area contributed by atoms with E-state index in [0.717, 1.165) is 30.7 Å². The highest BCUT2D eigenvalue weighted by Crippen LogP contribution is 2.32. The van der Waals surface area contributed by atoms with Gasteiger partial charge in [-0.15, -0.1) is 11.3 Å². The Hall–Kier alpha value is 0.0200. The summed E-state index contributed by atoms with van der Waals surface area (Å²) in [5.41, 5.74) is -0.324. The largest absolute Gasteiger partial charge is 0.252 e. The van der Waals surface area contributed by atoms with Crippen LogP contribution in [0.4, 0.5) is 0 Å². The van der Waals surface area contributed by atoms with Gasteiger partial charge in [0.25, 0.3) is 10.0 Å². The zero-order valence-electron chi connectivity index (χ0n) is 10.3. The Morgan fingerprint density at radius 2 is 2.11 bits per heavy atom. The number of hydrogen-bond acceptors (Lipinski definition) is 4. The van der Waals surface area contributed by atoms with E-state index in [4.69, 9.17) is 0 Å². The molecule has 1 aliphatic rings. The number of aromatic nitrogens is 1. The highest BCUT2D eigenvalue weighted by Gasteiger charge is 2.36. The summed E-state index contributed by atoms with van der Waals surface area (Å²) in [4.78, 5) is 4.01. The van der Waals surface area contributed by atoms with Crippen LogP contribution in [0, 0.1) is 6.92 Å². The fourth-order valence-electron chi connectivity index (χ4n) is 2.29. The predicted molar refractivity (Wildman–Crippen MR) is 76.8 cm³/mol. The van der Waals surface area contributed by atoms with Crippen LogP contribution in [0.2, 0.25) is 0 Å². The molecule has 1 heterocycles. The number of nitrogens with one attached hydrogen (secondary N) is 1. The van der Waals surface area contributed by atoms with Gasteiger partial charge in [0.15, 0.2) is 4.21 Å². The second kappa shape index (κ2) is 5.56. The van der Waals surface area contributed by atoms with Crippen molar-refractivity contribution in [1.29, 1.82) is 0 Å². The molecule has 0 saturated heterocycles. The third-order valence-corrected chi connectivity index (χ3v) is 7.31. The van der Waals surface area contributed by atoms with E-state index in [9.17, 15) is 8.42 Å². The molecule has 1 fully saturated rings. The van der Waals surface area contributed by atoms with Gasteiger partial charge in [0, 0.05) is 10.9 Å². The van der Waals surface area contributed by atoms with Crippen LogP contribution >= 0.6 is 27.3 Å². The van der Waals surface area contributed by atoms with Gasteiger partial charge in [-0.1, -0.05) is 35.2 Å². The average molecular weight is 353 g/mol. The lowest BCUT2D eigenvalue weighted by Gasteiger charge is -2.35. The maximum absolute atomic E-state index is 12.3. The SMILES string of the molecule is Cc1ncc(S(=O)(=O)NC2(CBr)CCCCC2)s1. The molecular formula is C11H17BrN2O2S2. The monoisotopic (exact) mass is 352 g/mol. The molecule has 0 aromatic carbocycles. The molecule has 0 radical (unpaired) electrons. The Bertz CT molecular complexity index is 507. The van der Waals surface area contributed by atoms with Crippen LogP contribution in [0.25, 0.3) is 0 Å². The van der Waals surface area contributed by atoms with E-state index in [2.05, 4.69) is 25.6 Å². The summed E-state index contributed by atoms with van der Waals surface area (Å²) in [6, 6.07) is 0. The first kappa shape index (κ1) is 14.4. The Balaban J connectivity index is 2.21. The number of hydrogen-bond donors (Lipinski definition) is 1. The molecule has 0 bridgehead atoms. The first-order valence-corrected chi connectivity index (χ1v) is 9.42. The molecule has 1 aromatic rings. The van der Waals surface area contributed by atoms with Crippen LogP contribution in [-0.2, 0) is 10.0 Å². The lowest BCUT2D eigenvalue weighted by Crippen LogP contribution is -2.50. The summed E-state index contributed by atoms with van der Waals surface area (Å²) in [6.07, 6.45) is 6.58. The Labute approximate surface area is 120 Å². The van der Waals surface area contributed by atoms with Gasteiger partial charge in [-0.2, -0.15) is 0 Å². The van der Waals surface area contributed by atoms with E-state index in [1.807, 2.05) is 6.92 Å². The van der Waals surface area contributed by atoms with Gasteiger partial charge in [-0.05, 0) is 19.8 Å². The summed E-state index contributed by atoms with van der Waals surface area (Å²) >= 11 is 4.67. The number of rotatable bonds is 4. The molecule has 18 heavy (non-hydrogen) atoms. The van der Waals surface area contributed by atoms with Crippen molar-refractivity contribution in [2.75, 3.05) is 5.33 Å². The summed E-state index contributed by atoms with van der Waals surface area (Å²) in [5, 5.41) is 1.43. The topological polar surface area (TPSA) is 59.1 Å². The fourth-order valence-corrected chi connectivity index (χ4v) is 5.75. The molecule has 102 valence electrons. The van der Waals surface area contributed by atoms with E-state index in [0.29, 0.717) is 9.54 Å². The quantitative estimate of drug-likeness (QED) is 0.847. The maximum atomic E-state index is 12.3. The molecule has 0 aliphatic heterocycles. The second-order valence-electron chi connectivity index (χ2n) is 4.78. The van der Waals surface area contributed by atoms with Crippen LogP contribution in [0.1, 0.15) is 37.1 Å². The van der Waals surface area contributed by atoms with E-state index in [1.165, 1.54) is 24.0 Å². The van der Waals surface area contributed by atoms with Crippen molar-refractivity contribution in [3.8, 4) is 0 Å². The van der Waals surface area contributed by atoms with Crippen LogP contribution in [0.3, 0.4) is 0 Å². The third kappa shape index (κ3) is 3.12. The first-order chi connectivity index (χ1) is 8.47. The number of halogens is 1. The van der Waals surface area contributed by atoms with Gasteiger partial charge in [-0.3, -0.25) is 0 Å². The van der Waals surface area contributed by atoms with Gasteiger partial charge in [0.1, 0.15) is 0 Å². The molecule has 2 rings (SSSR count). The van der Waals surface area contributed by atoms with E-state index < -0.39 is 10.0 Å². The first-order valence-electron chi connectivity index (χ1n) is 6.00. The van der Waals surface area contributed by atoms with Crippen molar-refractivity contribution >= 4 is 37.3 Å². The van der Waals surface area contributed by atoms with Crippen LogP contribution in [0.15, 0.2) is 10.4 Å². The smallest absolute Gasteiger partial charge is 0.249 e. The van der Waals surface area contributed by atoms with Gasteiger partial charge in [-0.25, -0.2) is 18.1 Å². The lowest BCUT2D eigenvalue weighted by atomic mass is 9.84. The lowest BCUT2D eigenvalue weighted by molar-refractivity contribution is 0.301. The predicted octanol–water partition coefficient (Wildman–Crippen LogP) is 2.83. The molecule has 0 amide bonds. The van der Waals surface area contributed by atoms with Crippen molar-refractivity contribution < 1.29 is 8.42 Å². The van der Waals surface area contributed by atoms with E-state index in [-0.39, 0.29) is 5.54 Å². The van der Waals surface area contributed by atoms with Crippen molar-refractivity contribution in [2.45, 2.75) is 48.8 Å². The minimum atomic E-state index is -3.43. The normalized spacial score (nSPS) is 19.9. The molecule has 1 aliphatic carbocycles. The van der Waals surface area contributed by atoms with E-state index >= 15 is 0 Å². The molecule has 7 heteroatoms. The fraction of sp³-hybridized carbons (Fsp3) is 0.727. The summed E-state index contributed by atoms with van der Waals surface area (Å²) in [5.74, 6) is 0. The Morgan fingerprint density at radius 1 is 1.44 bits per heavy atom. The minimum absolute atomic E-state index is 0.311. The molecule has 0 spiro atoms. The zero-order chi connectivity index (χ0) is 13.2. The molecule has 4 nitrogen and oxygen atoms in total. The number of aryl methyl sites for hydroxylation is 1. The van der Waals surface area contributed by atoms with Crippen LogP contribution in [0.5, 0.6) is 0 Å². The zero-order valence-corrected chi connectivity index (χ0v) is 13.5. The maximum Gasteiger partial charge on any atom is 0.252 e. The average Bonchev–Trinajstić information content (AvgIpc) is 2.77. The van der Waals surface area contributed by atoms with Crippen molar-refractivity contribution in [2.24, 2.45) is 0 Å². The minimum Gasteiger partial charge on any atom is -0.249 e. The van der Waals surface area contributed by atoms with Crippen molar-refractivity contribution in [1.82, 2.24) is 9.71 Å². The molecule has 1 N–H and O–H groups in total. The van der Waals surface area contributed by atoms with Crippen molar-refractivity contribution in [3.05, 3.63) is 11.2 Å². The Kier molecular flexibility index (Phi) is 4.46. The van der Waals surface area contributed by atoms with Gasteiger partial charge >= 0.3 is 0 Å². The summed E-state index contributed by atoms with van der Waals surface area (Å²) < 4.78 is 27.8. The molecule has 0 unspecified atom stereocenters. The van der Waals surface area contributed by atoms with Gasteiger partial charge < -0.3 is 0 Å². The highest BCUT2D eigenvalue weighted by atomic mass is 79.9. The number of alkyl halides is 1. The number of nitrogens with zero attached hydrogens (tertiary/aromatic N) is 1. The summed E-state index contributed by atoms with van der Waals surface area (Å²) in [6.45, 7) is 1.81. The second-order valence-corrected chi connectivity index (χ2v) is 8.48.